The van der Waals surface area contributed by atoms with E-state index >= 15 is 0 Å². The Labute approximate surface area is 244 Å². The molecule has 6 nitrogen and oxygen atoms in total. The molecule has 0 spiro atoms. The Bertz CT molecular complexity index is 1500. The van der Waals surface area contributed by atoms with Gasteiger partial charge >= 0.3 is 0 Å². The van der Waals surface area contributed by atoms with Gasteiger partial charge in [-0.25, -0.2) is 0 Å². The van der Waals surface area contributed by atoms with E-state index in [0.717, 1.165) is 15.6 Å². The van der Waals surface area contributed by atoms with Gasteiger partial charge in [0.2, 0.25) is 0 Å². The summed E-state index contributed by atoms with van der Waals surface area (Å²) in [7, 11) is 1.54. The second-order valence-electron chi connectivity index (χ2n) is 8.36. The highest BCUT2D eigenvalue weighted by Gasteiger charge is 2.14. The summed E-state index contributed by atoms with van der Waals surface area (Å²) in [5, 5.41) is 12.4. The van der Waals surface area contributed by atoms with Crippen molar-refractivity contribution in [2.45, 2.75) is 13.2 Å². The van der Waals surface area contributed by atoms with Crippen molar-refractivity contribution in [1.29, 1.82) is 5.26 Å². The largest absolute Gasteiger partial charge is 0.493 e. The lowest BCUT2D eigenvalue weighted by Crippen LogP contribution is -2.13. The maximum absolute atomic E-state index is 12.9. The highest BCUT2D eigenvalue weighted by molar-refractivity contribution is 9.10. The number of nitrogens with zero attached hydrogens (tertiary/aromatic N) is 1. The number of nitriles is 1. The normalized spacial score (nSPS) is 10.9. The second kappa shape index (κ2) is 13.7. The van der Waals surface area contributed by atoms with E-state index in [4.69, 9.17) is 14.2 Å². The molecule has 0 aliphatic heterocycles. The van der Waals surface area contributed by atoms with Crippen molar-refractivity contribution in [3.05, 3.63) is 122 Å². The zero-order valence-electron chi connectivity index (χ0n) is 21.0. The number of ether oxygens (including phenoxy) is 3. The third kappa shape index (κ3) is 7.96. The minimum absolute atomic E-state index is 0.0642. The number of hydrogen-bond donors (Lipinski definition) is 1. The van der Waals surface area contributed by atoms with Gasteiger partial charge in [-0.15, -0.1) is 0 Å². The van der Waals surface area contributed by atoms with Gasteiger partial charge in [-0.05, 0) is 71.3 Å². The van der Waals surface area contributed by atoms with Crippen LogP contribution >= 0.6 is 31.9 Å². The summed E-state index contributed by atoms with van der Waals surface area (Å²) in [5.41, 5.74) is 3.14. The van der Waals surface area contributed by atoms with Crippen LogP contribution in [0.3, 0.4) is 0 Å². The van der Waals surface area contributed by atoms with Gasteiger partial charge in [-0.3, -0.25) is 4.79 Å². The monoisotopic (exact) mass is 646 g/mol. The fourth-order valence-corrected chi connectivity index (χ4v) is 4.25. The molecular formula is C31H24Br2N2O4. The van der Waals surface area contributed by atoms with Gasteiger partial charge in [0, 0.05) is 14.6 Å². The minimum atomic E-state index is -0.531. The van der Waals surface area contributed by atoms with Gasteiger partial charge in [0.05, 0.1) is 7.11 Å². The summed E-state index contributed by atoms with van der Waals surface area (Å²) >= 11 is 6.94. The first-order valence-corrected chi connectivity index (χ1v) is 13.5. The summed E-state index contributed by atoms with van der Waals surface area (Å²) in [5.74, 6) is 1.15. The van der Waals surface area contributed by atoms with Crippen LogP contribution in [0.4, 0.5) is 5.69 Å². The van der Waals surface area contributed by atoms with Gasteiger partial charge in [0.1, 0.15) is 30.6 Å². The van der Waals surface area contributed by atoms with Gasteiger partial charge < -0.3 is 19.5 Å². The number of benzene rings is 4. The summed E-state index contributed by atoms with van der Waals surface area (Å²) in [6.45, 7) is 0.799. The molecule has 0 radical (unpaired) electrons. The molecule has 1 N–H and O–H groups in total. The lowest BCUT2D eigenvalue weighted by atomic mass is 10.1. The molecule has 0 aliphatic rings. The van der Waals surface area contributed by atoms with Crippen LogP contribution in [-0.2, 0) is 18.0 Å². The Hall–Kier alpha value is -4.06. The van der Waals surface area contributed by atoms with Crippen molar-refractivity contribution < 1.29 is 19.0 Å². The topological polar surface area (TPSA) is 80.6 Å². The van der Waals surface area contributed by atoms with Gasteiger partial charge in [0.25, 0.3) is 5.91 Å². The fraction of sp³-hybridized carbons (Fsp3) is 0.0968. The van der Waals surface area contributed by atoms with Gasteiger partial charge in [-0.1, -0.05) is 74.3 Å². The quantitative estimate of drug-likeness (QED) is 0.140. The Balaban J connectivity index is 1.42. The first-order valence-electron chi connectivity index (χ1n) is 11.9. The lowest BCUT2D eigenvalue weighted by molar-refractivity contribution is -0.112. The van der Waals surface area contributed by atoms with Crippen LogP contribution in [0.1, 0.15) is 16.7 Å². The summed E-state index contributed by atoms with van der Waals surface area (Å²) in [4.78, 5) is 12.9. The van der Waals surface area contributed by atoms with E-state index in [9.17, 15) is 10.1 Å². The van der Waals surface area contributed by atoms with E-state index in [1.807, 2.05) is 60.7 Å². The van der Waals surface area contributed by atoms with E-state index in [2.05, 4.69) is 37.2 Å². The number of methoxy groups -OCH3 is 1. The third-order valence-corrected chi connectivity index (χ3v) is 6.83. The van der Waals surface area contributed by atoms with Crippen molar-refractivity contribution in [3.63, 3.8) is 0 Å². The number of carbonyl (C=O) groups is 1. The first kappa shape index (κ1) is 28.0. The van der Waals surface area contributed by atoms with Crippen LogP contribution in [0.25, 0.3) is 6.08 Å². The molecule has 196 valence electrons. The molecule has 0 saturated carbocycles. The molecule has 0 saturated heterocycles. The fourth-order valence-electron chi connectivity index (χ4n) is 3.55. The van der Waals surface area contributed by atoms with E-state index in [-0.39, 0.29) is 5.57 Å². The summed E-state index contributed by atoms with van der Waals surface area (Å²) < 4.78 is 18.9. The van der Waals surface area contributed by atoms with Crippen LogP contribution in [0, 0.1) is 11.3 Å². The number of carbonyl (C=O) groups excluding carboxylic acids is 1. The number of anilines is 1. The van der Waals surface area contributed by atoms with Gasteiger partial charge in [0.15, 0.2) is 11.5 Å². The zero-order chi connectivity index (χ0) is 27.6. The van der Waals surface area contributed by atoms with Crippen molar-refractivity contribution in [2.24, 2.45) is 0 Å². The van der Waals surface area contributed by atoms with Gasteiger partial charge in [-0.2, -0.15) is 5.26 Å². The number of amides is 1. The highest BCUT2D eigenvalue weighted by Crippen LogP contribution is 2.35. The summed E-state index contributed by atoms with van der Waals surface area (Å²) in [6.07, 6.45) is 1.50. The molecule has 0 fully saturated rings. The van der Waals surface area contributed by atoms with Crippen LogP contribution < -0.4 is 19.5 Å². The molecule has 4 rings (SSSR count). The molecule has 0 heterocycles. The highest BCUT2D eigenvalue weighted by atomic mass is 79.9. The number of nitrogens with one attached hydrogen (secondary N) is 1. The summed E-state index contributed by atoms with van der Waals surface area (Å²) in [6, 6.07) is 30.1. The number of rotatable bonds is 10. The predicted molar refractivity (Wildman–Crippen MR) is 159 cm³/mol. The molecule has 8 heteroatoms. The van der Waals surface area contributed by atoms with Crippen LogP contribution in [0.5, 0.6) is 17.2 Å². The van der Waals surface area contributed by atoms with E-state index < -0.39 is 5.91 Å². The molecule has 39 heavy (non-hydrogen) atoms. The lowest BCUT2D eigenvalue weighted by Gasteiger charge is -2.13. The second-order valence-corrected chi connectivity index (χ2v) is 10.1. The minimum Gasteiger partial charge on any atom is -0.493 e. The van der Waals surface area contributed by atoms with Crippen molar-refractivity contribution in [2.75, 3.05) is 12.4 Å². The van der Waals surface area contributed by atoms with Crippen LogP contribution in [0.2, 0.25) is 0 Å². The molecule has 0 bridgehead atoms. The first-order chi connectivity index (χ1) is 18.9. The number of halogens is 2. The molecule has 0 aromatic heterocycles. The maximum atomic E-state index is 12.9. The standard InChI is InChI=1S/C31H24Br2N2O4/c1-37-29-16-23(28(33)17-30(29)39-20-22-7-9-25(32)10-8-22)15-24(18-34)31(36)35-26-11-13-27(14-12-26)38-19-21-5-3-2-4-6-21/h2-17H,19-20H2,1H3,(H,35,36)/b24-15+. The maximum Gasteiger partial charge on any atom is 0.266 e. The zero-order valence-corrected chi connectivity index (χ0v) is 24.2. The van der Waals surface area contributed by atoms with Crippen LogP contribution in [0.15, 0.2) is 106 Å². The van der Waals surface area contributed by atoms with Crippen LogP contribution in [-0.4, -0.2) is 13.0 Å². The molecule has 0 atom stereocenters. The average molecular weight is 648 g/mol. The van der Waals surface area contributed by atoms with Crippen molar-refractivity contribution in [3.8, 4) is 23.3 Å². The smallest absolute Gasteiger partial charge is 0.266 e. The molecule has 4 aromatic carbocycles. The molecular weight excluding hydrogens is 624 g/mol. The van der Waals surface area contributed by atoms with E-state index in [0.29, 0.717) is 46.2 Å². The third-order valence-electron chi connectivity index (χ3n) is 5.62. The number of hydrogen-bond acceptors (Lipinski definition) is 5. The van der Waals surface area contributed by atoms with E-state index in [1.54, 1.807) is 36.4 Å². The Morgan fingerprint density at radius 3 is 2.21 bits per heavy atom. The Morgan fingerprint density at radius 2 is 1.54 bits per heavy atom. The van der Waals surface area contributed by atoms with E-state index in [1.165, 1.54) is 13.2 Å². The molecule has 4 aromatic rings. The molecule has 0 unspecified atom stereocenters. The van der Waals surface area contributed by atoms with Crippen molar-refractivity contribution in [1.82, 2.24) is 0 Å². The average Bonchev–Trinajstić information content (AvgIpc) is 2.96. The predicted octanol–water partition coefficient (Wildman–Crippen LogP) is 7.92. The Kier molecular flexibility index (Phi) is 9.79. The van der Waals surface area contributed by atoms with Crippen molar-refractivity contribution >= 4 is 49.5 Å². The SMILES string of the molecule is COc1cc(/C=C(\C#N)C(=O)Nc2ccc(OCc3ccccc3)cc2)c(Br)cc1OCc1ccc(Br)cc1. The Morgan fingerprint density at radius 1 is 0.872 bits per heavy atom. The molecule has 1 amide bonds. The molecule has 0 aliphatic carbocycles.